The van der Waals surface area contributed by atoms with Gasteiger partial charge in [-0.25, -0.2) is 0 Å². The van der Waals surface area contributed by atoms with Crippen LogP contribution >= 0.6 is 11.3 Å². The summed E-state index contributed by atoms with van der Waals surface area (Å²) < 4.78 is 0. The lowest BCUT2D eigenvalue weighted by atomic mass is 9.93. The second-order valence-electron chi connectivity index (χ2n) is 8.18. The Morgan fingerprint density at radius 1 is 1.14 bits per heavy atom. The molecule has 1 spiro atoms. The zero-order valence-electron chi connectivity index (χ0n) is 16.5. The number of carbonyl (C=O) groups excluding carboxylic acids is 2. The number of thiophene rings is 1. The summed E-state index contributed by atoms with van der Waals surface area (Å²) in [5.74, 6) is -0.0553. The Labute approximate surface area is 170 Å². The Morgan fingerprint density at radius 3 is 2.50 bits per heavy atom. The Balaban J connectivity index is 1.60. The van der Waals surface area contributed by atoms with Crippen molar-refractivity contribution in [1.82, 2.24) is 15.1 Å². The molecule has 2 fully saturated rings. The molecule has 0 bridgehead atoms. The van der Waals surface area contributed by atoms with Crippen molar-refractivity contribution in [3.05, 3.63) is 57.8 Å². The van der Waals surface area contributed by atoms with Crippen molar-refractivity contribution >= 4 is 23.2 Å². The fraction of sp³-hybridized carbons (Fsp3) is 0.455. The van der Waals surface area contributed by atoms with Gasteiger partial charge in [0.2, 0.25) is 0 Å². The molecule has 1 aromatic carbocycles. The lowest BCUT2D eigenvalue weighted by molar-refractivity contribution is 0.0692. The first-order valence-corrected chi connectivity index (χ1v) is 10.8. The van der Waals surface area contributed by atoms with Gasteiger partial charge in [0, 0.05) is 37.8 Å². The van der Waals surface area contributed by atoms with Crippen LogP contribution in [0.2, 0.25) is 0 Å². The monoisotopic (exact) mass is 397 g/mol. The summed E-state index contributed by atoms with van der Waals surface area (Å²) in [6.07, 6.45) is 3.34. The van der Waals surface area contributed by atoms with Crippen LogP contribution in [0.15, 0.2) is 41.1 Å². The highest BCUT2D eigenvalue weighted by Gasteiger charge is 2.57. The number of rotatable bonds is 5. The molecule has 148 valence electrons. The predicted octanol–water partition coefficient (Wildman–Crippen LogP) is 3.23. The van der Waals surface area contributed by atoms with E-state index in [1.54, 1.807) is 43.6 Å². The molecule has 1 saturated heterocycles. The normalized spacial score (nSPS) is 20.0. The van der Waals surface area contributed by atoms with Gasteiger partial charge in [0.25, 0.3) is 11.8 Å². The summed E-state index contributed by atoms with van der Waals surface area (Å²) in [7, 11) is 3.45. The second kappa shape index (κ2) is 7.68. The molecule has 2 heterocycles. The van der Waals surface area contributed by atoms with Gasteiger partial charge in [-0.15, -0.1) is 0 Å². The molecule has 1 aliphatic heterocycles. The summed E-state index contributed by atoms with van der Waals surface area (Å²) in [5, 5.41) is 7.60. The average molecular weight is 398 g/mol. The SMILES string of the molecule is CN(C)C(=O)c1cccc(C(=O)N(Cc2ccsc2)C2CC23CCNCC3)c1. The third kappa shape index (κ3) is 3.71. The topological polar surface area (TPSA) is 52.7 Å². The number of hydrogen-bond acceptors (Lipinski definition) is 4. The molecule has 5 nitrogen and oxygen atoms in total. The molecular weight excluding hydrogens is 370 g/mol. The standard InChI is InChI=1S/C22H27N3O2S/c1-24(2)20(26)17-4-3-5-18(12-17)21(27)25(14-16-6-11-28-15-16)19-13-22(19)7-9-23-10-8-22/h3-6,11-12,15,19,23H,7-10,13-14H2,1-2H3. The van der Waals surface area contributed by atoms with Gasteiger partial charge >= 0.3 is 0 Å². The first-order valence-electron chi connectivity index (χ1n) is 9.85. The lowest BCUT2D eigenvalue weighted by Gasteiger charge is -2.29. The van der Waals surface area contributed by atoms with Crippen molar-refractivity contribution in [3.8, 4) is 0 Å². The highest BCUT2D eigenvalue weighted by Crippen LogP contribution is 2.56. The van der Waals surface area contributed by atoms with E-state index in [0.717, 1.165) is 32.4 Å². The van der Waals surface area contributed by atoms with E-state index in [1.165, 1.54) is 10.5 Å². The van der Waals surface area contributed by atoms with E-state index in [0.29, 0.717) is 17.7 Å². The first-order chi connectivity index (χ1) is 13.5. The maximum absolute atomic E-state index is 13.5. The van der Waals surface area contributed by atoms with E-state index in [4.69, 9.17) is 0 Å². The third-order valence-electron chi connectivity index (χ3n) is 6.08. The molecule has 1 atom stereocenters. The average Bonchev–Trinajstić information content (AvgIpc) is 3.14. The molecule has 0 radical (unpaired) electrons. The Morgan fingerprint density at radius 2 is 1.86 bits per heavy atom. The van der Waals surface area contributed by atoms with Gasteiger partial charge < -0.3 is 15.1 Å². The summed E-state index contributed by atoms with van der Waals surface area (Å²) in [5.41, 5.74) is 2.60. The summed E-state index contributed by atoms with van der Waals surface area (Å²) in [4.78, 5) is 29.4. The highest BCUT2D eigenvalue weighted by atomic mass is 32.1. The van der Waals surface area contributed by atoms with Gasteiger partial charge in [-0.2, -0.15) is 11.3 Å². The number of benzene rings is 1. The number of piperidine rings is 1. The minimum atomic E-state index is -0.0831. The van der Waals surface area contributed by atoms with E-state index >= 15 is 0 Å². The van der Waals surface area contributed by atoms with Crippen LogP contribution in [0.1, 0.15) is 45.5 Å². The Kier molecular flexibility index (Phi) is 5.25. The molecule has 2 amide bonds. The molecule has 1 aromatic heterocycles. The number of hydrogen-bond donors (Lipinski definition) is 1. The van der Waals surface area contributed by atoms with Crippen molar-refractivity contribution in [3.63, 3.8) is 0 Å². The smallest absolute Gasteiger partial charge is 0.254 e. The van der Waals surface area contributed by atoms with Crippen molar-refractivity contribution in [2.24, 2.45) is 5.41 Å². The number of nitrogens with zero attached hydrogens (tertiary/aromatic N) is 2. The van der Waals surface area contributed by atoms with Crippen LogP contribution in [-0.2, 0) is 6.54 Å². The molecule has 2 aromatic rings. The highest BCUT2D eigenvalue weighted by molar-refractivity contribution is 7.07. The van der Waals surface area contributed by atoms with Crippen molar-refractivity contribution in [2.75, 3.05) is 27.2 Å². The number of nitrogens with one attached hydrogen (secondary N) is 1. The number of amides is 2. The lowest BCUT2D eigenvalue weighted by Crippen LogP contribution is -2.39. The van der Waals surface area contributed by atoms with Gasteiger partial charge in [-0.3, -0.25) is 9.59 Å². The Hall–Kier alpha value is -2.18. The van der Waals surface area contributed by atoms with Crippen LogP contribution in [0.4, 0.5) is 0 Å². The molecule has 28 heavy (non-hydrogen) atoms. The van der Waals surface area contributed by atoms with Gasteiger partial charge in [0.15, 0.2) is 0 Å². The molecule has 1 saturated carbocycles. The first kappa shape index (κ1) is 19.2. The second-order valence-corrected chi connectivity index (χ2v) is 8.96. The fourth-order valence-corrected chi connectivity index (χ4v) is 5.00. The van der Waals surface area contributed by atoms with Crippen molar-refractivity contribution in [2.45, 2.75) is 31.8 Å². The van der Waals surface area contributed by atoms with Gasteiger partial charge in [-0.05, 0) is 78.4 Å². The molecule has 1 aliphatic carbocycles. The minimum Gasteiger partial charge on any atom is -0.345 e. The van der Waals surface area contributed by atoms with Crippen LogP contribution in [0, 0.1) is 5.41 Å². The van der Waals surface area contributed by atoms with Crippen LogP contribution in [-0.4, -0.2) is 54.8 Å². The maximum atomic E-state index is 13.5. The third-order valence-corrected chi connectivity index (χ3v) is 6.81. The molecular formula is C22H27N3O2S. The van der Waals surface area contributed by atoms with Crippen LogP contribution in [0.5, 0.6) is 0 Å². The van der Waals surface area contributed by atoms with Gasteiger partial charge in [0.05, 0.1) is 0 Å². The van der Waals surface area contributed by atoms with Crippen LogP contribution in [0.3, 0.4) is 0 Å². The Bertz CT molecular complexity index is 856. The maximum Gasteiger partial charge on any atom is 0.254 e. The van der Waals surface area contributed by atoms with E-state index < -0.39 is 0 Å². The fourth-order valence-electron chi connectivity index (χ4n) is 4.34. The molecule has 2 aliphatic rings. The van der Waals surface area contributed by atoms with Crippen LogP contribution in [0.25, 0.3) is 0 Å². The van der Waals surface area contributed by atoms with E-state index in [9.17, 15) is 9.59 Å². The zero-order valence-corrected chi connectivity index (χ0v) is 17.3. The predicted molar refractivity (Wildman–Crippen MR) is 112 cm³/mol. The van der Waals surface area contributed by atoms with Gasteiger partial charge in [0.1, 0.15) is 0 Å². The van der Waals surface area contributed by atoms with Gasteiger partial charge in [-0.1, -0.05) is 6.07 Å². The van der Waals surface area contributed by atoms with Crippen LogP contribution < -0.4 is 5.32 Å². The summed E-state index contributed by atoms with van der Waals surface area (Å²) in [6, 6.07) is 9.52. The number of carbonyl (C=O) groups is 2. The van der Waals surface area contributed by atoms with E-state index in [-0.39, 0.29) is 23.3 Å². The quantitative estimate of drug-likeness (QED) is 0.843. The summed E-state index contributed by atoms with van der Waals surface area (Å²) >= 11 is 1.66. The zero-order chi connectivity index (χ0) is 19.7. The van der Waals surface area contributed by atoms with E-state index in [1.807, 2.05) is 11.0 Å². The molecule has 1 unspecified atom stereocenters. The van der Waals surface area contributed by atoms with Crippen molar-refractivity contribution < 1.29 is 9.59 Å². The largest absolute Gasteiger partial charge is 0.345 e. The molecule has 4 rings (SSSR count). The minimum absolute atomic E-state index is 0.0278. The molecule has 1 N–H and O–H groups in total. The summed E-state index contributed by atoms with van der Waals surface area (Å²) in [6.45, 7) is 2.70. The van der Waals surface area contributed by atoms with Crippen molar-refractivity contribution in [1.29, 1.82) is 0 Å². The van der Waals surface area contributed by atoms with E-state index in [2.05, 4.69) is 22.1 Å². The molecule has 6 heteroatoms.